The van der Waals surface area contributed by atoms with Gasteiger partial charge >= 0.3 is 60.4 Å². The quantitative estimate of drug-likeness (QED) is 0.208. The third-order valence-electron chi connectivity index (χ3n) is 0.188. The number of hydrogen-bond acceptors (Lipinski definition) is 5. The molecule has 0 aliphatic carbocycles. The predicted octanol–water partition coefficient (Wildman–Crippen LogP) is -10.4. The molecule has 0 saturated carbocycles. The second-order valence-electron chi connectivity index (χ2n) is 0.973. The normalized spacial score (nSPS) is 6.83. The zero-order valence-electron chi connectivity index (χ0n) is 11.0. The molecular formula is H18MgNaO14PS. The van der Waals surface area contributed by atoms with Crippen LogP contribution in [0.2, 0.25) is 0 Å². The van der Waals surface area contributed by atoms with Crippen molar-refractivity contribution in [3.8, 4) is 0 Å². The van der Waals surface area contributed by atoms with Gasteiger partial charge < -0.3 is 55.5 Å². The molecule has 14 nitrogen and oxygen atoms in total. The van der Waals surface area contributed by atoms with Crippen molar-refractivity contribution in [2.75, 3.05) is 0 Å². The molecule has 18 heavy (non-hydrogen) atoms. The average Bonchev–Trinajstić information content (AvgIpc) is 1.14. The van der Waals surface area contributed by atoms with E-state index in [2.05, 4.69) is 3.97 Å². The van der Waals surface area contributed by atoms with Crippen LogP contribution in [0.3, 0.4) is 0 Å². The van der Waals surface area contributed by atoms with E-state index in [-0.39, 0.29) is 93.8 Å². The number of phosphoric acid groups is 1. The van der Waals surface area contributed by atoms with E-state index in [1.165, 1.54) is 0 Å². The van der Waals surface area contributed by atoms with Gasteiger partial charge in [0.2, 0.25) is 10.4 Å². The maximum Gasteiger partial charge on any atom is 2.00 e. The fourth-order valence-electron chi connectivity index (χ4n) is 0.119. The maximum absolute atomic E-state index is 9.54. The molecule has 0 aromatic rings. The molecule has 0 aliphatic rings. The molecule has 0 aromatic carbocycles. The molecule has 0 rings (SSSR count). The fourth-order valence-corrected chi connectivity index (χ4v) is 1.07. The largest absolute Gasteiger partial charge is 2.00 e. The van der Waals surface area contributed by atoms with E-state index in [0.717, 1.165) is 0 Å². The molecule has 0 amide bonds. The van der Waals surface area contributed by atoms with Gasteiger partial charge in [-0.05, 0) is 0 Å². The van der Waals surface area contributed by atoms with Crippen LogP contribution >= 0.6 is 7.82 Å². The minimum absolute atomic E-state index is 0. The third-order valence-corrected chi connectivity index (χ3v) is 1.70. The summed E-state index contributed by atoms with van der Waals surface area (Å²) in [5.74, 6) is 0. The Kier molecular flexibility index (Phi) is 111. The summed E-state index contributed by atoms with van der Waals surface area (Å²) < 4.78 is 40.4. The van der Waals surface area contributed by atoms with E-state index in [1.807, 2.05) is 0 Å². The molecule has 16 N–H and O–H groups in total. The Balaban J connectivity index is -0.00000000582. The predicted molar refractivity (Wildman–Crippen MR) is 56.1 cm³/mol. The summed E-state index contributed by atoms with van der Waals surface area (Å²) in [5, 5.41) is 0. The van der Waals surface area contributed by atoms with Crippen LogP contribution in [0.25, 0.3) is 0 Å². The molecule has 0 bridgehead atoms. The van der Waals surface area contributed by atoms with Crippen molar-refractivity contribution in [2.24, 2.45) is 0 Å². The molecule has 0 spiro atoms. The van der Waals surface area contributed by atoms with Crippen LogP contribution in [0.1, 0.15) is 2.85 Å². The first-order chi connectivity index (χ1) is 3.71. The smallest absolute Gasteiger partial charge is 1.00 e. The van der Waals surface area contributed by atoms with Gasteiger partial charge in [-0.15, -0.1) is 0 Å². The number of rotatable bonds is 2. The van der Waals surface area contributed by atoms with Crippen molar-refractivity contribution in [3.05, 3.63) is 0 Å². The zero-order valence-corrected chi connectivity index (χ0v) is 14.1. The third kappa shape index (κ3) is 84.7. The van der Waals surface area contributed by atoms with Crippen molar-refractivity contribution in [1.29, 1.82) is 0 Å². The van der Waals surface area contributed by atoms with Crippen LogP contribution in [-0.4, -0.2) is 84.1 Å². The molecule has 0 fully saturated rings. The van der Waals surface area contributed by atoms with Gasteiger partial charge in [-0.25, -0.2) is 13.0 Å². The Labute approximate surface area is 142 Å². The summed E-state index contributed by atoms with van der Waals surface area (Å²) in [4.78, 5) is 15.3. The molecule has 0 heterocycles. The van der Waals surface area contributed by atoms with E-state index < -0.39 is 18.2 Å². The summed E-state index contributed by atoms with van der Waals surface area (Å²) >= 11 is 0. The summed E-state index contributed by atoms with van der Waals surface area (Å²) in [6, 6.07) is 0. The molecule has 0 aromatic heterocycles. The van der Waals surface area contributed by atoms with Crippen LogP contribution in [0.4, 0.5) is 0 Å². The minimum Gasteiger partial charge on any atom is -1.00 e. The van der Waals surface area contributed by atoms with Crippen molar-refractivity contribution in [2.45, 2.75) is 0 Å². The molecule has 0 atom stereocenters. The first kappa shape index (κ1) is 73.9. The molecular weight excluding hydrogens is 334 g/mol. The van der Waals surface area contributed by atoms with Gasteiger partial charge in [-0.2, -0.15) is 3.97 Å². The van der Waals surface area contributed by atoms with E-state index in [0.29, 0.717) is 0 Å². The van der Waals surface area contributed by atoms with Gasteiger partial charge in [-0.3, -0.25) is 0 Å². The molecule has 18 heteroatoms. The number of hydrogen-bond donors (Lipinski definition) is 2. The SMILES string of the molecule is O.O.O.O.O.O.O.O=P(O)(O)OS(=O)(=O)[O-].[H-].[H-].[Mg+2].[Na+]. The van der Waals surface area contributed by atoms with Gasteiger partial charge in [-0.1, -0.05) is 0 Å². The summed E-state index contributed by atoms with van der Waals surface area (Å²) in [5.41, 5.74) is 0. The van der Waals surface area contributed by atoms with Gasteiger partial charge in [0.15, 0.2) is 0 Å². The van der Waals surface area contributed by atoms with Crippen molar-refractivity contribution < 1.29 is 102 Å². The molecule has 0 saturated heterocycles. The first-order valence-corrected chi connectivity index (χ1v) is 4.30. The van der Waals surface area contributed by atoms with Crippen LogP contribution in [0.5, 0.6) is 0 Å². The fraction of sp³-hybridized carbons (Fsp3) is 0. The van der Waals surface area contributed by atoms with E-state index in [1.54, 1.807) is 0 Å². The van der Waals surface area contributed by atoms with E-state index in [9.17, 15) is 17.5 Å². The topological polar surface area (TPSA) is 344 Å². The van der Waals surface area contributed by atoms with Gasteiger partial charge in [0.1, 0.15) is 0 Å². The molecule has 116 valence electrons. The van der Waals surface area contributed by atoms with Crippen LogP contribution in [-0.2, 0) is 18.9 Å². The van der Waals surface area contributed by atoms with Crippen molar-refractivity contribution >= 4 is 41.3 Å². The standard InChI is InChI=1S/Mg.Na.H3O7PS.7H2O.2H/c;;1-8(2,3)7-9(4,5)6;;;;;;;;;/h;;(H2,1,2,3)(H,4,5,6);7*1H2;;/q+2;+1;;;;;;;;;2*-1/p-1. The van der Waals surface area contributed by atoms with Crippen molar-refractivity contribution in [1.82, 2.24) is 0 Å². The average molecular weight is 352 g/mol. The van der Waals surface area contributed by atoms with Crippen LogP contribution < -0.4 is 29.6 Å². The van der Waals surface area contributed by atoms with Crippen LogP contribution in [0.15, 0.2) is 0 Å². The molecule has 0 unspecified atom stereocenters. The van der Waals surface area contributed by atoms with E-state index >= 15 is 0 Å². The Morgan fingerprint density at radius 3 is 1.11 bits per heavy atom. The Morgan fingerprint density at radius 1 is 0.944 bits per heavy atom. The Morgan fingerprint density at radius 2 is 1.11 bits per heavy atom. The maximum atomic E-state index is 9.54. The Bertz CT molecular complexity index is 238. The summed E-state index contributed by atoms with van der Waals surface area (Å²) in [7, 11) is -10.5. The second kappa shape index (κ2) is 27.0. The van der Waals surface area contributed by atoms with Gasteiger partial charge in [0.25, 0.3) is 0 Å². The summed E-state index contributed by atoms with van der Waals surface area (Å²) in [6.07, 6.45) is 0. The Hall–Kier alpha value is 1.51. The van der Waals surface area contributed by atoms with Gasteiger partial charge in [0, 0.05) is 0 Å². The van der Waals surface area contributed by atoms with Gasteiger partial charge in [0.05, 0.1) is 0 Å². The zero-order chi connectivity index (χ0) is 7.71. The molecule has 0 radical (unpaired) electrons. The minimum atomic E-state index is -5.29. The van der Waals surface area contributed by atoms with Crippen LogP contribution in [0, 0.1) is 0 Å². The van der Waals surface area contributed by atoms with E-state index in [4.69, 9.17) is 9.79 Å². The molecule has 0 aliphatic heterocycles. The second-order valence-corrected chi connectivity index (χ2v) is 3.37. The monoisotopic (exact) mass is 352 g/mol. The summed E-state index contributed by atoms with van der Waals surface area (Å²) in [6.45, 7) is 0. The first-order valence-electron chi connectivity index (χ1n) is 1.43. The van der Waals surface area contributed by atoms with Crippen molar-refractivity contribution in [3.63, 3.8) is 0 Å².